The number of para-hydroxylation sites is 1. The minimum Gasteiger partial charge on any atom is -0.496 e. The van der Waals surface area contributed by atoms with E-state index in [1.54, 1.807) is 25.3 Å². The van der Waals surface area contributed by atoms with Crippen LogP contribution < -0.4 is 19.8 Å². The molecule has 1 aliphatic rings. The van der Waals surface area contributed by atoms with Gasteiger partial charge in [-0.15, -0.1) is 0 Å². The van der Waals surface area contributed by atoms with Gasteiger partial charge in [0.15, 0.2) is 5.43 Å². The zero-order chi connectivity index (χ0) is 19.5. The van der Waals surface area contributed by atoms with Gasteiger partial charge >= 0.3 is 0 Å². The van der Waals surface area contributed by atoms with Crippen molar-refractivity contribution in [1.82, 2.24) is 4.90 Å². The Labute approximate surface area is 163 Å². The molecular weight excluding hydrogens is 356 g/mol. The van der Waals surface area contributed by atoms with Crippen molar-refractivity contribution in [3.63, 3.8) is 0 Å². The molecule has 0 spiro atoms. The van der Waals surface area contributed by atoms with Crippen LogP contribution in [0, 0.1) is 0 Å². The molecule has 0 radical (unpaired) electrons. The van der Waals surface area contributed by atoms with Crippen LogP contribution in [0.3, 0.4) is 0 Å². The Balaban J connectivity index is 1.52. The van der Waals surface area contributed by atoms with E-state index in [0.29, 0.717) is 34.8 Å². The molecule has 0 N–H and O–H groups in total. The second kappa shape index (κ2) is 7.94. The highest BCUT2D eigenvalue weighted by molar-refractivity contribution is 5.85. The van der Waals surface area contributed by atoms with Crippen LogP contribution in [-0.2, 0) is 6.54 Å². The number of ether oxygens (including phenoxy) is 2. The first-order valence-corrected chi connectivity index (χ1v) is 9.39. The molecule has 0 atom stereocenters. The SMILES string of the molecule is COc1cc(OC)c2c(=O)cc(CN3CCN(c4ccccc4)CC3)oc2c1. The summed E-state index contributed by atoms with van der Waals surface area (Å²) < 4.78 is 16.7. The number of piperazine rings is 1. The average Bonchev–Trinajstić information content (AvgIpc) is 2.74. The number of methoxy groups -OCH3 is 2. The summed E-state index contributed by atoms with van der Waals surface area (Å²) in [6, 6.07) is 15.4. The lowest BCUT2D eigenvalue weighted by molar-refractivity contribution is 0.231. The minimum atomic E-state index is -0.0984. The molecule has 1 fully saturated rings. The molecule has 6 heteroatoms. The van der Waals surface area contributed by atoms with E-state index < -0.39 is 0 Å². The lowest BCUT2D eigenvalue weighted by Crippen LogP contribution is -2.46. The molecule has 2 aromatic carbocycles. The van der Waals surface area contributed by atoms with Crippen molar-refractivity contribution in [2.24, 2.45) is 0 Å². The van der Waals surface area contributed by atoms with Gasteiger partial charge < -0.3 is 18.8 Å². The Kier molecular flexibility index (Phi) is 5.21. The molecule has 2 heterocycles. The van der Waals surface area contributed by atoms with Gasteiger partial charge in [-0.25, -0.2) is 0 Å². The van der Waals surface area contributed by atoms with Gasteiger partial charge in [-0.1, -0.05) is 18.2 Å². The average molecular weight is 380 g/mol. The number of hydrogen-bond donors (Lipinski definition) is 0. The van der Waals surface area contributed by atoms with Gasteiger partial charge in [-0.05, 0) is 12.1 Å². The van der Waals surface area contributed by atoms with Crippen LogP contribution in [0.2, 0.25) is 0 Å². The molecule has 1 aliphatic heterocycles. The van der Waals surface area contributed by atoms with E-state index in [-0.39, 0.29) is 5.43 Å². The van der Waals surface area contributed by atoms with E-state index >= 15 is 0 Å². The van der Waals surface area contributed by atoms with Gasteiger partial charge in [0.2, 0.25) is 0 Å². The molecule has 0 aliphatic carbocycles. The van der Waals surface area contributed by atoms with E-state index in [2.05, 4.69) is 34.1 Å². The van der Waals surface area contributed by atoms with Crippen molar-refractivity contribution in [2.75, 3.05) is 45.3 Å². The normalized spacial score (nSPS) is 15.0. The summed E-state index contributed by atoms with van der Waals surface area (Å²) in [7, 11) is 3.11. The third-order valence-electron chi connectivity index (χ3n) is 5.15. The Morgan fingerprint density at radius 3 is 2.39 bits per heavy atom. The zero-order valence-electron chi connectivity index (χ0n) is 16.2. The van der Waals surface area contributed by atoms with Gasteiger partial charge in [0.05, 0.1) is 20.8 Å². The lowest BCUT2D eigenvalue weighted by Gasteiger charge is -2.35. The molecule has 0 unspecified atom stereocenters. The fourth-order valence-corrected chi connectivity index (χ4v) is 3.66. The van der Waals surface area contributed by atoms with E-state index in [1.807, 2.05) is 6.07 Å². The lowest BCUT2D eigenvalue weighted by atomic mass is 10.2. The first kappa shape index (κ1) is 18.4. The van der Waals surface area contributed by atoms with Crippen LogP contribution in [0.25, 0.3) is 11.0 Å². The van der Waals surface area contributed by atoms with Gasteiger partial charge in [0.25, 0.3) is 0 Å². The first-order valence-electron chi connectivity index (χ1n) is 9.39. The Bertz CT molecular complexity index is 1010. The number of nitrogens with zero attached hydrogens (tertiary/aromatic N) is 2. The summed E-state index contributed by atoms with van der Waals surface area (Å²) in [6.07, 6.45) is 0. The largest absolute Gasteiger partial charge is 0.496 e. The molecule has 4 rings (SSSR count). The topological polar surface area (TPSA) is 55.2 Å². The van der Waals surface area contributed by atoms with Gasteiger partial charge in [-0.2, -0.15) is 0 Å². The summed E-state index contributed by atoms with van der Waals surface area (Å²) in [4.78, 5) is 17.3. The third kappa shape index (κ3) is 3.68. The van der Waals surface area contributed by atoms with Gasteiger partial charge in [-0.3, -0.25) is 9.69 Å². The van der Waals surface area contributed by atoms with Crippen molar-refractivity contribution in [3.8, 4) is 11.5 Å². The van der Waals surface area contributed by atoms with E-state index in [1.165, 1.54) is 12.8 Å². The first-order chi connectivity index (χ1) is 13.7. The Hall–Kier alpha value is -2.99. The highest BCUT2D eigenvalue weighted by Crippen LogP contribution is 2.29. The fraction of sp³-hybridized carbons (Fsp3) is 0.318. The second-order valence-corrected chi connectivity index (χ2v) is 6.88. The second-order valence-electron chi connectivity index (χ2n) is 6.88. The van der Waals surface area contributed by atoms with Crippen molar-refractivity contribution in [1.29, 1.82) is 0 Å². The van der Waals surface area contributed by atoms with Gasteiger partial charge in [0.1, 0.15) is 28.2 Å². The molecule has 0 bridgehead atoms. The molecular formula is C22H24N2O4. The highest BCUT2D eigenvalue weighted by Gasteiger charge is 2.19. The third-order valence-corrected chi connectivity index (χ3v) is 5.15. The van der Waals surface area contributed by atoms with E-state index in [4.69, 9.17) is 13.9 Å². The maximum Gasteiger partial charge on any atom is 0.196 e. The predicted octanol–water partition coefficient (Wildman–Crippen LogP) is 3.13. The van der Waals surface area contributed by atoms with Crippen LogP contribution >= 0.6 is 0 Å². The highest BCUT2D eigenvalue weighted by atomic mass is 16.5. The molecule has 146 valence electrons. The number of benzene rings is 2. The number of fused-ring (bicyclic) bond motifs is 1. The molecule has 0 saturated carbocycles. The molecule has 1 saturated heterocycles. The minimum absolute atomic E-state index is 0.0984. The Morgan fingerprint density at radius 1 is 0.964 bits per heavy atom. The fourth-order valence-electron chi connectivity index (χ4n) is 3.66. The van der Waals surface area contributed by atoms with E-state index in [0.717, 1.165) is 26.2 Å². The quantitative estimate of drug-likeness (QED) is 0.678. The number of rotatable bonds is 5. The summed E-state index contributed by atoms with van der Waals surface area (Å²) in [5, 5.41) is 0.445. The summed E-state index contributed by atoms with van der Waals surface area (Å²) in [5.74, 6) is 1.72. The smallest absolute Gasteiger partial charge is 0.196 e. The monoisotopic (exact) mass is 380 g/mol. The molecule has 3 aromatic rings. The number of hydrogen-bond acceptors (Lipinski definition) is 6. The van der Waals surface area contributed by atoms with Gasteiger partial charge in [0, 0.05) is 50.1 Å². The van der Waals surface area contributed by atoms with Crippen LogP contribution in [0.1, 0.15) is 5.76 Å². The molecule has 1 aromatic heterocycles. The van der Waals surface area contributed by atoms with Crippen LogP contribution in [0.15, 0.2) is 57.7 Å². The van der Waals surface area contributed by atoms with Crippen molar-refractivity contribution < 1.29 is 13.9 Å². The van der Waals surface area contributed by atoms with Crippen LogP contribution in [-0.4, -0.2) is 45.3 Å². The van der Waals surface area contributed by atoms with Crippen LogP contribution in [0.5, 0.6) is 11.5 Å². The summed E-state index contributed by atoms with van der Waals surface area (Å²) >= 11 is 0. The molecule has 0 amide bonds. The van der Waals surface area contributed by atoms with Crippen molar-refractivity contribution in [3.05, 3.63) is 64.5 Å². The Morgan fingerprint density at radius 2 is 1.71 bits per heavy atom. The number of anilines is 1. The summed E-state index contributed by atoms with van der Waals surface area (Å²) in [6.45, 7) is 4.33. The maximum atomic E-state index is 12.7. The summed E-state index contributed by atoms with van der Waals surface area (Å²) in [5.41, 5.74) is 1.64. The van der Waals surface area contributed by atoms with Crippen molar-refractivity contribution >= 4 is 16.7 Å². The molecule has 6 nitrogen and oxygen atoms in total. The van der Waals surface area contributed by atoms with E-state index in [9.17, 15) is 4.79 Å². The van der Waals surface area contributed by atoms with Crippen LogP contribution in [0.4, 0.5) is 5.69 Å². The molecule has 28 heavy (non-hydrogen) atoms. The maximum absolute atomic E-state index is 12.7. The standard InChI is InChI=1S/C22H24N2O4/c1-26-17-13-20(27-2)22-19(25)12-18(28-21(22)14-17)15-23-8-10-24(11-9-23)16-6-4-3-5-7-16/h3-7,12-14H,8-11,15H2,1-2H3. The van der Waals surface area contributed by atoms with Crippen molar-refractivity contribution in [2.45, 2.75) is 6.54 Å². The zero-order valence-corrected chi connectivity index (χ0v) is 16.2. The predicted molar refractivity (Wildman–Crippen MR) is 110 cm³/mol.